The highest BCUT2D eigenvalue weighted by Gasteiger charge is 2.34. The minimum atomic E-state index is -4.49. The number of alkyl halides is 3. The summed E-state index contributed by atoms with van der Waals surface area (Å²) < 4.78 is 42.5. The average Bonchev–Trinajstić information content (AvgIpc) is 2.28. The number of benzene rings is 1. The van der Waals surface area contributed by atoms with Crippen molar-refractivity contribution in [1.29, 1.82) is 5.26 Å². The summed E-state index contributed by atoms with van der Waals surface area (Å²) in [6, 6.07) is 5.31. The molecule has 0 aliphatic carbocycles. The van der Waals surface area contributed by atoms with Gasteiger partial charge in [-0.1, -0.05) is 11.8 Å². The van der Waals surface area contributed by atoms with E-state index in [1.807, 2.05) is 0 Å². The molecule has 0 bridgehead atoms. The van der Waals surface area contributed by atoms with Crippen LogP contribution in [0.1, 0.15) is 17.5 Å². The fraction of sp³-hybridized carbons (Fsp3) is 0.250. The van der Waals surface area contributed by atoms with Crippen molar-refractivity contribution < 1.29 is 17.9 Å². The first-order valence-corrected chi connectivity index (χ1v) is 4.60. The molecular formula is C12H8F3NO. The van der Waals surface area contributed by atoms with Crippen molar-refractivity contribution in [1.82, 2.24) is 0 Å². The van der Waals surface area contributed by atoms with E-state index in [1.54, 1.807) is 6.07 Å². The monoisotopic (exact) mass is 239 g/mol. The average molecular weight is 239 g/mol. The molecule has 0 N–H and O–H groups in total. The molecule has 88 valence electrons. The summed E-state index contributed by atoms with van der Waals surface area (Å²) >= 11 is 0. The van der Waals surface area contributed by atoms with E-state index in [9.17, 15) is 13.2 Å². The molecule has 0 aromatic heterocycles. The van der Waals surface area contributed by atoms with Crippen molar-refractivity contribution >= 4 is 0 Å². The topological polar surface area (TPSA) is 33.0 Å². The maximum atomic E-state index is 12.6. The van der Waals surface area contributed by atoms with Gasteiger partial charge in [-0.25, -0.2) is 0 Å². The molecule has 1 aromatic rings. The highest BCUT2D eigenvalue weighted by Crippen LogP contribution is 2.36. The van der Waals surface area contributed by atoms with Gasteiger partial charge in [0.05, 0.1) is 25.2 Å². The minimum Gasteiger partial charge on any atom is -0.496 e. The summed E-state index contributed by atoms with van der Waals surface area (Å²) in [4.78, 5) is 0. The zero-order valence-corrected chi connectivity index (χ0v) is 8.93. The molecule has 0 atom stereocenters. The number of nitrogens with zero attached hydrogens (tertiary/aromatic N) is 1. The van der Waals surface area contributed by atoms with E-state index in [4.69, 9.17) is 5.26 Å². The van der Waals surface area contributed by atoms with Gasteiger partial charge in [0.2, 0.25) is 0 Å². The van der Waals surface area contributed by atoms with E-state index >= 15 is 0 Å². The molecule has 0 fully saturated rings. The molecule has 1 rings (SSSR count). The summed E-state index contributed by atoms with van der Waals surface area (Å²) in [5.74, 6) is 4.68. The van der Waals surface area contributed by atoms with E-state index in [0.29, 0.717) is 0 Å². The Morgan fingerprint density at radius 2 is 2.06 bits per heavy atom. The van der Waals surface area contributed by atoms with Gasteiger partial charge < -0.3 is 4.74 Å². The predicted molar refractivity (Wildman–Crippen MR) is 55.1 cm³/mol. The third-order valence-corrected chi connectivity index (χ3v) is 1.91. The van der Waals surface area contributed by atoms with Gasteiger partial charge in [0.15, 0.2) is 0 Å². The van der Waals surface area contributed by atoms with E-state index in [1.165, 1.54) is 19.2 Å². The first-order valence-electron chi connectivity index (χ1n) is 4.60. The number of hydrogen-bond acceptors (Lipinski definition) is 2. The summed E-state index contributed by atoms with van der Waals surface area (Å²) in [5.41, 5.74) is -0.669. The lowest BCUT2D eigenvalue weighted by atomic mass is 10.1. The van der Waals surface area contributed by atoms with Crippen molar-refractivity contribution in [3.63, 3.8) is 0 Å². The Bertz CT molecular complexity index is 503. The third kappa shape index (κ3) is 3.42. The van der Waals surface area contributed by atoms with Crippen LogP contribution in [0.2, 0.25) is 0 Å². The predicted octanol–water partition coefficient (Wildman–Crippen LogP) is 2.98. The zero-order valence-electron chi connectivity index (χ0n) is 8.93. The van der Waals surface area contributed by atoms with Gasteiger partial charge in [0.25, 0.3) is 0 Å². The van der Waals surface area contributed by atoms with Crippen LogP contribution in [0.15, 0.2) is 18.2 Å². The fourth-order valence-electron chi connectivity index (χ4n) is 1.19. The van der Waals surface area contributed by atoms with E-state index < -0.39 is 11.7 Å². The number of hydrogen-bond donors (Lipinski definition) is 0. The fourth-order valence-corrected chi connectivity index (χ4v) is 1.19. The molecule has 0 heterocycles. The smallest absolute Gasteiger partial charge is 0.420 e. The summed E-state index contributed by atoms with van der Waals surface area (Å²) in [5, 5.41) is 8.26. The highest BCUT2D eigenvalue weighted by molar-refractivity contribution is 5.45. The van der Waals surface area contributed by atoms with Gasteiger partial charge >= 0.3 is 6.18 Å². The second-order valence-corrected chi connectivity index (χ2v) is 3.05. The molecule has 5 heteroatoms. The van der Waals surface area contributed by atoms with Gasteiger partial charge in [0, 0.05) is 5.56 Å². The Labute approximate surface area is 96.6 Å². The highest BCUT2D eigenvalue weighted by atomic mass is 19.4. The Morgan fingerprint density at radius 1 is 1.35 bits per heavy atom. The van der Waals surface area contributed by atoms with Gasteiger partial charge in [-0.15, -0.1) is 0 Å². The molecular weight excluding hydrogens is 231 g/mol. The minimum absolute atomic E-state index is 0.0205. The van der Waals surface area contributed by atoms with Gasteiger partial charge in [0.1, 0.15) is 5.75 Å². The standard InChI is InChI=1S/C12H8F3NO/c1-17-11-6-5-9(4-2-3-7-16)8-10(11)12(13,14)15/h5-6,8H,3H2,1H3. The van der Waals surface area contributed by atoms with Gasteiger partial charge in [-0.3, -0.25) is 0 Å². The van der Waals surface area contributed by atoms with E-state index in [0.717, 1.165) is 6.07 Å². The number of rotatable bonds is 1. The lowest BCUT2D eigenvalue weighted by molar-refractivity contribution is -0.138. The molecule has 0 amide bonds. The van der Waals surface area contributed by atoms with Crippen LogP contribution in [0, 0.1) is 23.2 Å². The van der Waals surface area contributed by atoms with Gasteiger partial charge in [-0.2, -0.15) is 18.4 Å². The summed E-state index contributed by atoms with van der Waals surface area (Å²) in [6.07, 6.45) is -4.51. The van der Waals surface area contributed by atoms with Crippen molar-refractivity contribution in [2.75, 3.05) is 7.11 Å². The molecule has 0 aliphatic heterocycles. The lowest BCUT2D eigenvalue weighted by Gasteiger charge is -2.11. The lowest BCUT2D eigenvalue weighted by Crippen LogP contribution is -2.07. The van der Waals surface area contributed by atoms with Crippen molar-refractivity contribution in [2.24, 2.45) is 0 Å². The molecule has 0 aliphatic rings. The summed E-state index contributed by atoms with van der Waals surface area (Å²) in [7, 11) is 1.17. The maximum Gasteiger partial charge on any atom is 0.420 e. The SMILES string of the molecule is COc1ccc(C#CCC#N)cc1C(F)(F)F. The van der Waals surface area contributed by atoms with Crippen molar-refractivity contribution in [3.05, 3.63) is 29.3 Å². The van der Waals surface area contributed by atoms with Gasteiger partial charge in [-0.05, 0) is 18.2 Å². The number of nitriles is 1. The van der Waals surface area contributed by atoms with Crippen LogP contribution in [0.3, 0.4) is 0 Å². The van der Waals surface area contributed by atoms with Crippen LogP contribution in [0.4, 0.5) is 13.2 Å². The Kier molecular flexibility index (Phi) is 4.01. The third-order valence-electron chi connectivity index (χ3n) is 1.91. The quantitative estimate of drug-likeness (QED) is 0.706. The number of methoxy groups -OCH3 is 1. The normalized spacial score (nSPS) is 10.1. The second kappa shape index (κ2) is 5.27. The van der Waals surface area contributed by atoms with Crippen LogP contribution in [0.25, 0.3) is 0 Å². The van der Waals surface area contributed by atoms with E-state index in [-0.39, 0.29) is 17.7 Å². The first kappa shape index (κ1) is 12.9. The molecule has 0 spiro atoms. The second-order valence-electron chi connectivity index (χ2n) is 3.05. The Hall–Kier alpha value is -2.14. The summed E-state index contributed by atoms with van der Waals surface area (Å²) in [6.45, 7) is 0. The van der Waals surface area contributed by atoms with Crippen LogP contribution in [-0.4, -0.2) is 7.11 Å². The van der Waals surface area contributed by atoms with Crippen LogP contribution < -0.4 is 4.74 Å². The molecule has 0 unspecified atom stereocenters. The van der Waals surface area contributed by atoms with Crippen LogP contribution in [-0.2, 0) is 6.18 Å². The first-order chi connectivity index (χ1) is 7.99. The molecule has 0 saturated carbocycles. The number of halogens is 3. The van der Waals surface area contributed by atoms with Crippen molar-refractivity contribution in [2.45, 2.75) is 12.6 Å². The molecule has 0 saturated heterocycles. The Balaban J connectivity index is 3.16. The molecule has 1 aromatic carbocycles. The zero-order chi connectivity index (χ0) is 12.9. The molecule has 17 heavy (non-hydrogen) atoms. The maximum absolute atomic E-state index is 12.6. The number of ether oxygens (including phenoxy) is 1. The largest absolute Gasteiger partial charge is 0.496 e. The van der Waals surface area contributed by atoms with E-state index in [2.05, 4.69) is 16.6 Å². The Morgan fingerprint density at radius 3 is 2.59 bits per heavy atom. The van der Waals surface area contributed by atoms with Crippen LogP contribution in [0.5, 0.6) is 5.75 Å². The molecule has 2 nitrogen and oxygen atoms in total. The van der Waals surface area contributed by atoms with Crippen molar-refractivity contribution in [3.8, 4) is 23.7 Å². The van der Waals surface area contributed by atoms with Crippen LogP contribution >= 0.6 is 0 Å². The molecule has 0 radical (unpaired) electrons.